The van der Waals surface area contributed by atoms with Crippen LogP contribution in [0.5, 0.6) is 0 Å². The van der Waals surface area contributed by atoms with Gasteiger partial charge in [-0.2, -0.15) is 23.0 Å². The lowest BCUT2D eigenvalue weighted by Gasteiger charge is -2.21. The molecular formula is C22H19F3N6O2S. The van der Waals surface area contributed by atoms with Gasteiger partial charge >= 0.3 is 6.18 Å². The number of rotatable bonds is 7. The third kappa shape index (κ3) is 4.82. The Hall–Kier alpha value is -3.64. The molecular weight excluding hydrogens is 469 g/mol. The fraction of sp³-hybridized carbons (Fsp3) is 0.227. The normalized spacial score (nSPS) is 12.5. The molecule has 4 aromatic heterocycles. The van der Waals surface area contributed by atoms with Crippen LogP contribution in [0.3, 0.4) is 0 Å². The average molecular weight is 488 g/mol. The Morgan fingerprint density at radius 1 is 1.24 bits per heavy atom. The highest BCUT2D eigenvalue weighted by Gasteiger charge is 2.42. The summed E-state index contributed by atoms with van der Waals surface area (Å²) in [4.78, 5) is 26.5. The summed E-state index contributed by atoms with van der Waals surface area (Å²) in [6, 6.07) is 4.18. The first-order valence-corrected chi connectivity index (χ1v) is 10.9. The number of ether oxygens (including phenoxy) is 1. The van der Waals surface area contributed by atoms with Crippen LogP contribution in [0.2, 0.25) is 0 Å². The van der Waals surface area contributed by atoms with Crippen LogP contribution in [-0.4, -0.2) is 43.9 Å². The van der Waals surface area contributed by atoms with Crippen molar-refractivity contribution in [3.63, 3.8) is 0 Å². The SMILES string of the molecule is COCc1c(C(=O)N[C@@H](c2cccnc2)C(F)(F)F)cnn1-c1ncc(C)c(-c2cccs2)n1. The second-order valence-corrected chi connectivity index (χ2v) is 8.21. The van der Waals surface area contributed by atoms with E-state index in [1.54, 1.807) is 6.20 Å². The first-order chi connectivity index (χ1) is 16.3. The Kier molecular flexibility index (Phi) is 6.70. The molecule has 8 nitrogen and oxygen atoms in total. The Morgan fingerprint density at radius 3 is 2.71 bits per heavy atom. The van der Waals surface area contributed by atoms with E-state index in [1.165, 1.54) is 47.7 Å². The minimum Gasteiger partial charge on any atom is -0.378 e. The van der Waals surface area contributed by atoms with Crippen molar-refractivity contribution in [1.82, 2.24) is 30.0 Å². The molecule has 12 heteroatoms. The van der Waals surface area contributed by atoms with Crippen LogP contribution in [0.4, 0.5) is 13.2 Å². The highest BCUT2D eigenvalue weighted by atomic mass is 32.1. The fourth-order valence-electron chi connectivity index (χ4n) is 3.32. The predicted octanol–water partition coefficient (Wildman–Crippen LogP) is 4.27. The maximum Gasteiger partial charge on any atom is 0.412 e. The van der Waals surface area contributed by atoms with Crippen molar-refractivity contribution in [3.8, 4) is 16.5 Å². The number of pyridine rings is 1. The Balaban J connectivity index is 1.70. The van der Waals surface area contributed by atoms with E-state index in [-0.39, 0.29) is 29.4 Å². The number of aromatic nitrogens is 5. The lowest BCUT2D eigenvalue weighted by Crippen LogP contribution is -2.38. The minimum atomic E-state index is -4.73. The van der Waals surface area contributed by atoms with E-state index in [1.807, 2.05) is 29.8 Å². The number of hydrogen-bond donors (Lipinski definition) is 1. The van der Waals surface area contributed by atoms with E-state index in [4.69, 9.17) is 4.74 Å². The minimum absolute atomic E-state index is 0.0816. The average Bonchev–Trinajstić information content (AvgIpc) is 3.48. The van der Waals surface area contributed by atoms with E-state index in [9.17, 15) is 18.0 Å². The second-order valence-electron chi connectivity index (χ2n) is 7.26. The summed E-state index contributed by atoms with van der Waals surface area (Å²) < 4.78 is 47.6. The van der Waals surface area contributed by atoms with Crippen LogP contribution < -0.4 is 5.32 Å². The van der Waals surface area contributed by atoms with Crippen molar-refractivity contribution < 1.29 is 22.7 Å². The quantitative estimate of drug-likeness (QED) is 0.418. The van der Waals surface area contributed by atoms with E-state index in [0.29, 0.717) is 5.69 Å². The van der Waals surface area contributed by atoms with Crippen LogP contribution >= 0.6 is 11.3 Å². The molecule has 4 rings (SSSR count). The molecule has 1 N–H and O–H groups in total. The third-order valence-electron chi connectivity index (χ3n) is 4.92. The lowest BCUT2D eigenvalue weighted by atomic mass is 10.1. The molecule has 0 saturated carbocycles. The van der Waals surface area contributed by atoms with Crippen LogP contribution in [0.1, 0.15) is 33.2 Å². The number of nitrogens with zero attached hydrogens (tertiary/aromatic N) is 5. The number of alkyl halides is 3. The molecule has 0 unspecified atom stereocenters. The number of carbonyl (C=O) groups is 1. The van der Waals surface area contributed by atoms with Gasteiger partial charge in [0, 0.05) is 31.3 Å². The Bertz CT molecular complexity index is 1280. The van der Waals surface area contributed by atoms with E-state index in [2.05, 4.69) is 20.1 Å². The van der Waals surface area contributed by atoms with Crippen molar-refractivity contribution in [1.29, 1.82) is 0 Å². The van der Waals surface area contributed by atoms with Gasteiger partial charge in [-0.25, -0.2) is 9.97 Å². The zero-order valence-electron chi connectivity index (χ0n) is 18.1. The maximum absolute atomic E-state index is 13.7. The molecule has 1 amide bonds. The highest BCUT2D eigenvalue weighted by Crippen LogP contribution is 2.33. The van der Waals surface area contributed by atoms with Gasteiger partial charge in [0.1, 0.15) is 0 Å². The number of amides is 1. The molecule has 0 aliphatic heterocycles. The summed E-state index contributed by atoms with van der Waals surface area (Å²) >= 11 is 1.51. The van der Waals surface area contributed by atoms with Gasteiger partial charge in [-0.15, -0.1) is 11.3 Å². The molecule has 0 spiro atoms. The van der Waals surface area contributed by atoms with Crippen molar-refractivity contribution >= 4 is 17.2 Å². The molecule has 0 fully saturated rings. The first-order valence-electron chi connectivity index (χ1n) is 10.0. The molecule has 0 radical (unpaired) electrons. The van der Waals surface area contributed by atoms with Gasteiger partial charge in [-0.1, -0.05) is 12.1 Å². The van der Waals surface area contributed by atoms with E-state index >= 15 is 0 Å². The van der Waals surface area contributed by atoms with Crippen molar-refractivity contribution in [2.45, 2.75) is 25.7 Å². The van der Waals surface area contributed by atoms with Crippen LogP contribution in [0.25, 0.3) is 16.5 Å². The van der Waals surface area contributed by atoms with E-state index in [0.717, 1.165) is 16.6 Å². The van der Waals surface area contributed by atoms with Gasteiger partial charge in [0.25, 0.3) is 11.9 Å². The maximum atomic E-state index is 13.7. The molecule has 4 heterocycles. The van der Waals surface area contributed by atoms with Crippen LogP contribution in [0, 0.1) is 6.92 Å². The van der Waals surface area contributed by atoms with Gasteiger partial charge < -0.3 is 10.1 Å². The summed E-state index contributed by atoms with van der Waals surface area (Å²) in [5.74, 6) is -0.796. The van der Waals surface area contributed by atoms with Crippen LogP contribution in [0.15, 0.2) is 54.4 Å². The highest BCUT2D eigenvalue weighted by molar-refractivity contribution is 7.13. The monoisotopic (exact) mass is 488 g/mol. The summed E-state index contributed by atoms with van der Waals surface area (Å²) in [6.45, 7) is 1.77. The molecule has 0 aliphatic rings. The van der Waals surface area contributed by atoms with Gasteiger partial charge in [0.05, 0.1) is 34.6 Å². The van der Waals surface area contributed by atoms with Gasteiger partial charge in [0.15, 0.2) is 6.04 Å². The van der Waals surface area contributed by atoms with Crippen molar-refractivity contribution in [3.05, 3.63) is 76.8 Å². The Morgan fingerprint density at radius 2 is 2.06 bits per heavy atom. The zero-order chi connectivity index (χ0) is 24.3. The summed E-state index contributed by atoms with van der Waals surface area (Å²) in [5.41, 5.74) is 1.48. The molecule has 0 aromatic carbocycles. The smallest absolute Gasteiger partial charge is 0.378 e. The van der Waals surface area contributed by atoms with Crippen molar-refractivity contribution in [2.24, 2.45) is 0 Å². The third-order valence-corrected chi connectivity index (χ3v) is 5.79. The summed E-state index contributed by atoms with van der Waals surface area (Å²) in [6.07, 6.45) is 0.480. The predicted molar refractivity (Wildman–Crippen MR) is 118 cm³/mol. The Labute approximate surface area is 196 Å². The van der Waals surface area contributed by atoms with Crippen LogP contribution in [-0.2, 0) is 11.3 Å². The number of nitrogens with one attached hydrogen (secondary N) is 1. The topological polar surface area (TPSA) is 94.8 Å². The molecule has 0 aliphatic carbocycles. The molecule has 34 heavy (non-hydrogen) atoms. The van der Waals surface area contributed by atoms with Gasteiger partial charge in [0.2, 0.25) is 0 Å². The number of halogens is 3. The summed E-state index contributed by atoms with van der Waals surface area (Å²) in [7, 11) is 1.40. The number of methoxy groups -OCH3 is 1. The second kappa shape index (κ2) is 9.69. The summed E-state index contributed by atoms with van der Waals surface area (Å²) in [5, 5.41) is 8.14. The number of hydrogen-bond acceptors (Lipinski definition) is 7. The van der Waals surface area contributed by atoms with E-state index < -0.39 is 18.1 Å². The molecule has 1 atom stereocenters. The van der Waals surface area contributed by atoms with Gasteiger partial charge in [-0.05, 0) is 30.0 Å². The standard InChI is InChI=1S/C22H19F3N6O2S/c1-13-9-27-21(29-18(13)17-6-4-8-34-17)31-16(12-33-2)15(11-28-31)20(32)30-19(22(23,24)25)14-5-3-7-26-10-14/h3-11,19H,12H2,1-2H3,(H,30,32)/t19-/m0/s1. The number of aryl methyl sites for hydroxylation is 1. The molecule has 0 bridgehead atoms. The zero-order valence-corrected chi connectivity index (χ0v) is 18.9. The fourth-order valence-corrected chi connectivity index (χ4v) is 4.10. The molecule has 176 valence electrons. The van der Waals surface area contributed by atoms with Gasteiger partial charge in [-0.3, -0.25) is 9.78 Å². The largest absolute Gasteiger partial charge is 0.412 e. The lowest BCUT2D eigenvalue weighted by molar-refractivity contribution is -0.155. The molecule has 4 aromatic rings. The first kappa shape index (κ1) is 23.5. The number of thiophene rings is 1. The molecule has 0 saturated heterocycles. The van der Waals surface area contributed by atoms with Crippen molar-refractivity contribution in [2.75, 3.05) is 7.11 Å². The number of carbonyl (C=O) groups excluding carboxylic acids is 1.